The van der Waals surface area contributed by atoms with Crippen LogP contribution in [0.25, 0.3) is 16.7 Å². The molecule has 0 bridgehead atoms. The van der Waals surface area contributed by atoms with Gasteiger partial charge in [0.2, 0.25) is 0 Å². The molecule has 0 saturated carbocycles. The summed E-state index contributed by atoms with van der Waals surface area (Å²) in [5, 5.41) is 0. The topological polar surface area (TPSA) is 73.3 Å². The third-order valence-electron chi connectivity index (χ3n) is 2.46. The SMILES string of the molecule is Nc1nc(C=O)cn2c1nc1ccccc12. The molecule has 0 saturated heterocycles. The molecule has 2 aromatic heterocycles. The summed E-state index contributed by atoms with van der Waals surface area (Å²) in [6.07, 6.45) is 2.30. The van der Waals surface area contributed by atoms with E-state index in [1.54, 1.807) is 10.6 Å². The van der Waals surface area contributed by atoms with Crippen molar-refractivity contribution in [3.05, 3.63) is 36.2 Å². The van der Waals surface area contributed by atoms with E-state index in [2.05, 4.69) is 9.97 Å². The Morgan fingerprint density at radius 1 is 1.25 bits per heavy atom. The highest BCUT2D eigenvalue weighted by molar-refractivity contribution is 5.85. The van der Waals surface area contributed by atoms with Crippen LogP contribution in [0.1, 0.15) is 10.5 Å². The summed E-state index contributed by atoms with van der Waals surface area (Å²) < 4.78 is 1.78. The summed E-state index contributed by atoms with van der Waals surface area (Å²) in [7, 11) is 0. The molecule has 2 N–H and O–H groups in total. The van der Waals surface area contributed by atoms with Crippen LogP contribution < -0.4 is 5.73 Å². The van der Waals surface area contributed by atoms with Gasteiger partial charge in [-0.05, 0) is 12.1 Å². The van der Waals surface area contributed by atoms with E-state index in [1.165, 1.54) is 0 Å². The van der Waals surface area contributed by atoms with Crippen molar-refractivity contribution in [2.45, 2.75) is 0 Å². The van der Waals surface area contributed by atoms with Crippen molar-refractivity contribution in [3.63, 3.8) is 0 Å². The first-order valence-electron chi connectivity index (χ1n) is 4.78. The van der Waals surface area contributed by atoms with Crippen molar-refractivity contribution in [3.8, 4) is 0 Å². The van der Waals surface area contributed by atoms with Crippen molar-refractivity contribution in [1.82, 2.24) is 14.4 Å². The summed E-state index contributed by atoms with van der Waals surface area (Å²) in [5.74, 6) is 0.265. The summed E-state index contributed by atoms with van der Waals surface area (Å²) in [5.41, 5.74) is 8.36. The fourth-order valence-electron chi connectivity index (χ4n) is 1.76. The largest absolute Gasteiger partial charge is 0.381 e. The molecular formula is C11H8N4O. The van der Waals surface area contributed by atoms with Gasteiger partial charge in [0.15, 0.2) is 17.8 Å². The second-order valence-electron chi connectivity index (χ2n) is 3.46. The van der Waals surface area contributed by atoms with Crippen LogP contribution in [0.2, 0.25) is 0 Å². The smallest absolute Gasteiger partial charge is 0.180 e. The number of imidazole rings is 1. The molecule has 3 rings (SSSR count). The molecule has 3 aromatic rings. The molecule has 2 heterocycles. The Labute approximate surface area is 90.5 Å². The highest BCUT2D eigenvalue weighted by Gasteiger charge is 2.08. The molecule has 5 heteroatoms. The number of benzene rings is 1. The summed E-state index contributed by atoms with van der Waals surface area (Å²) in [6.45, 7) is 0. The second kappa shape index (κ2) is 3.03. The molecule has 5 nitrogen and oxygen atoms in total. The average Bonchev–Trinajstić information content (AvgIpc) is 2.68. The minimum Gasteiger partial charge on any atom is -0.381 e. The van der Waals surface area contributed by atoms with Crippen LogP contribution in [0.15, 0.2) is 30.5 Å². The van der Waals surface area contributed by atoms with Gasteiger partial charge >= 0.3 is 0 Å². The van der Waals surface area contributed by atoms with Gasteiger partial charge in [0, 0.05) is 6.20 Å². The van der Waals surface area contributed by atoms with Gasteiger partial charge in [0.1, 0.15) is 5.69 Å². The van der Waals surface area contributed by atoms with Gasteiger partial charge in [-0.15, -0.1) is 0 Å². The zero-order valence-electron chi connectivity index (χ0n) is 8.29. The van der Waals surface area contributed by atoms with Gasteiger partial charge in [0.25, 0.3) is 0 Å². The number of hydrogen-bond donors (Lipinski definition) is 1. The van der Waals surface area contributed by atoms with Gasteiger partial charge in [-0.1, -0.05) is 12.1 Å². The zero-order valence-corrected chi connectivity index (χ0v) is 8.29. The van der Waals surface area contributed by atoms with Crippen molar-refractivity contribution < 1.29 is 4.79 Å². The number of carbonyl (C=O) groups excluding carboxylic acids is 1. The fraction of sp³-hybridized carbons (Fsp3) is 0. The Bertz CT molecular complexity index is 702. The van der Waals surface area contributed by atoms with Gasteiger partial charge in [-0.2, -0.15) is 0 Å². The minimum atomic E-state index is 0.265. The molecule has 16 heavy (non-hydrogen) atoms. The van der Waals surface area contributed by atoms with E-state index in [0.717, 1.165) is 11.0 Å². The highest BCUT2D eigenvalue weighted by atomic mass is 16.1. The molecule has 1 aromatic carbocycles. The quantitative estimate of drug-likeness (QED) is 0.616. The summed E-state index contributed by atoms with van der Waals surface area (Å²) in [6, 6.07) is 7.62. The third kappa shape index (κ3) is 1.08. The third-order valence-corrected chi connectivity index (χ3v) is 2.46. The Balaban J connectivity index is 2.55. The van der Waals surface area contributed by atoms with Gasteiger partial charge < -0.3 is 5.73 Å². The van der Waals surface area contributed by atoms with Gasteiger partial charge in [-0.25, -0.2) is 9.97 Å². The number of nitrogens with zero attached hydrogens (tertiary/aromatic N) is 3. The van der Waals surface area contributed by atoms with Gasteiger partial charge in [0.05, 0.1) is 11.0 Å². The minimum absolute atomic E-state index is 0.265. The standard InChI is InChI=1S/C11H8N4O/c12-10-11-14-8-3-1-2-4-9(8)15(11)5-7(6-16)13-10/h1-6H,(H2,12,13). The maximum absolute atomic E-state index is 10.7. The highest BCUT2D eigenvalue weighted by Crippen LogP contribution is 2.19. The first-order valence-corrected chi connectivity index (χ1v) is 4.78. The van der Waals surface area contributed by atoms with E-state index in [4.69, 9.17) is 5.73 Å². The fourth-order valence-corrected chi connectivity index (χ4v) is 1.76. The lowest BCUT2D eigenvalue weighted by molar-refractivity contribution is 0.111. The Morgan fingerprint density at radius 3 is 2.88 bits per heavy atom. The molecule has 0 aliphatic rings. The molecule has 0 fully saturated rings. The Kier molecular flexibility index (Phi) is 1.67. The maximum atomic E-state index is 10.7. The molecule has 0 spiro atoms. The number of aldehydes is 1. The van der Waals surface area contributed by atoms with Crippen LogP contribution in [0.5, 0.6) is 0 Å². The predicted molar refractivity (Wildman–Crippen MR) is 60.3 cm³/mol. The number of fused-ring (bicyclic) bond motifs is 3. The second-order valence-corrected chi connectivity index (χ2v) is 3.46. The number of nitrogen functional groups attached to an aromatic ring is 1. The van der Waals surface area contributed by atoms with E-state index in [-0.39, 0.29) is 5.82 Å². The molecule has 0 radical (unpaired) electrons. The Morgan fingerprint density at radius 2 is 2.06 bits per heavy atom. The van der Waals surface area contributed by atoms with Crippen molar-refractivity contribution >= 4 is 28.8 Å². The molecule has 0 atom stereocenters. The lowest BCUT2D eigenvalue weighted by Crippen LogP contribution is -2.00. The van der Waals surface area contributed by atoms with E-state index in [0.29, 0.717) is 17.6 Å². The maximum Gasteiger partial charge on any atom is 0.180 e. The van der Waals surface area contributed by atoms with Crippen LogP contribution in [-0.2, 0) is 0 Å². The van der Waals surface area contributed by atoms with Crippen LogP contribution >= 0.6 is 0 Å². The average molecular weight is 212 g/mol. The van der Waals surface area contributed by atoms with Crippen molar-refractivity contribution in [2.24, 2.45) is 0 Å². The van der Waals surface area contributed by atoms with Crippen LogP contribution in [0, 0.1) is 0 Å². The molecule has 0 amide bonds. The lowest BCUT2D eigenvalue weighted by atomic mass is 10.3. The van der Waals surface area contributed by atoms with E-state index in [9.17, 15) is 4.79 Å². The molecule has 78 valence electrons. The van der Waals surface area contributed by atoms with E-state index in [1.807, 2.05) is 24.3 Å². The number of anilines is 1. The number of rotatable bonds is 1. The first-order chi connectivity index (χ1) is 7.79. The molecular weight excluding hydrogens is 204 g/mol. The first kappa shape index (κ1) is 8.84. The number of nitrogens with two attached hydrogens (primary N) is 1. The number of hydrogen-bond acceptors (Lipinski definition) is 4. The molecule has 0 aliphatic carbocycles. The van der Waals surface area contributed by atoms with E-state index < -0.39 is 0 Å². The predicted octanol–water partition coefficient (Wildman–Crippen LogP) is 1.28. The number of aromatic nitrogens is 3. The van der Waals surface area contributed by atoms with E-state index >= 15 is 0 Å². The van der Waals surface area contributed by atoms with Crippen LogP contribution in [0.3, 0.4) is 0 Å². The van der Waals surface area contributed by atoms with Crippen LogP contribution in [0.4, 0.5) is 5.82 Å². The van der Waals surface area contributed by atoms with Crippen LogP contribution in [-0.4, -0.2) is 20.7 Å². The molecule has 0 unspecified atom stereocenters. The lowest BCUT2D eigenvalue weighted by Gasteiger charge is -1.99. The van der Waals surface area contributed by atoms with Crippen molar-refractivity contribution in [2.75, 3.05) is 5.73 Å². The summed E-state index contributed by atoms with van der Waals surface area (Å²) in [4.78, 5) is 19.0. The normalized spacial score (nSPS) is 11.0. The van der Waals surface area contributed by atoms with Crippen molar-refractivity contribution in [1.29, 1.82) is 0 Å². The van der Waals surface area contributed by atoms with Gasteiger partial charge in [-0.3, -0.25) is 9.20 Å². The number of carbonyl (C=O) groups is 1. The monoisotopic (exact) mass is 212 g/mol. The molecule has 0 aliphatic heterocycles. The number of para-hydroxylation sites is 2. The Hall–Kier alpha value is -2.43. The summed E-state index contributed by atoms with van der Waals surface area (Å²) >= 11 is 0. The zero-order chi connectivity index (χ0) is 11.1.